The Bertz CT molecular complexity index is 752. The lowest BCUT2D eigenvalue weighted by Gasteiger charge is -2.36. The molecule has 0 unspecified atom stereocenters. The number of benzene rings is 1. The van der Waals surface area contributed by atoms with Gasteiger partial charge in [-0.2, -0.15) is 0 Å². The number of nitrogens with zero attached hydrogens (tertiary/aromatic N) is 4. The van der Waals surface area contributed by atoms with Crippen molar-refractivity contribution in [2.75, 3.05) is 31.1 Å². The van der Waals surface area contributed by atoms with E-state index in [0.29, 0.717) is 13.1 Å². The molecule has 0 saturated carbocycles. The van der Waals surface area contributed by atoms with Crippen LogP contribution in [0.5, 0.6) is 0 Å². The molecule has 1 fully saturated rings. The highest BCUT2D eigenvalue weighted by Gasteiger charge is 2.27. The molecule has 0 bridgehead atoms. The third-order valence-corrected chi connectivity index (χ3v) is 4.47. The topological polar surface area (TPSA) is 58.6 Å². The van der Waals surface area contributed by atoms with E-state index in [1.165, 1.54) is 0 Å². The molecule has 128 valence electrons. The Morgan fingerprint density at radius 1 is 1.17 bits per heavy atom. The minimum Gasteiger partial charge on any atom is -0.444 e. The molecule has 1 amide bonds. The SMILES string of the molecule is CC(C)(C)OC(=O)N1CCN(c2ncnc3c(Br)cccc23)CC1. The second kappa shape index (κ2) is 6.55. The quantitative estimate of drug-likeness (QED) is 0.743. The number of carbonyl (C=O) groups is 1. The Kier molecular flexibility index (Phi) is 4.62. The van der Waals surface area contributed by atoms with Crippen LogP contribution in [0, 0.1) is 0 Å². The number of halogens is 1. The molecule has 1 aliphatic rings. The Labute approximate surface area is 149 Å². The van der Waals surface area contributed by atoms with Crippen molar-refractivity contribution in [3.05, 3.63) is 29.0 Å². The summed E-state index contributed by atoms with van der Waals surface area (Å²) in [5.74, 6) is 0.908. The molecular weight excluding hydrogens is 372 g/mol. The number of aromatic nitrogens is 2. The van der Waals surface area contributed by atoms with E-state index in [2.05, 4.69) is 30.8 Å². The van der Waals surface area contributed by atoms with Gasteiger partial charge in [-0.05, 0) is 48.8 Å². The average Bonchev–Trinajstić information content (AvgIpc) is 2.53. The summed E-state index contributed by atoms with van der Waals surface area (Å²) in [5, 5.41) is 1.01. The summed E-state index contributed by atoms with van der Waals surface area (Å²) < 4.78 is 6.40. The van der Waals surface area contributed by atoms with Crippen molar-refractivity contribution in [1.29, 1.82) is 0 Å². The molecule has 1 saturated heterocycles. The molecule has 0 N–H and O–H groups in total. The number of rotatable bonds is 1. The van der Waals surface area contributed by atoms with Crippen molar-refractivity contribution in [3.8, 4) is 0 Å². The first-order valence-electron chi connectivity index (χ1n) is 7.97. The van der Waals surface area contributed by atoms with Crippen LogP contribution in [0.4, 0.5) is 10.6 Å². The van der Waals surface area contributed by atoms with Gasteiger partial charge in [-0.25, -0.2) is 14.8 Å². The predicted octanol–water partition coefficient (Wildman–Crippen LogP) is 3.45. The second-order valence-electron chi connectivity index (χ2n) is 6.79. The number of hydrogen-bond acceptors (Lipinski definition) is 5. The lowest BCUT2D eigenvalue weighted by Crippen LogP contribution is -2.50. The fourth-order valence-electron chi connectivity index (χ4n) is 2.72. The first-order valence-corrected chi connectivity index (χ1v) is 8.76. The van der Waals surface area contributed by atoms with Crippen molar-refractivity contribution in [2.24, 2.45) is 0 Å². The zero-order valence-corrected chi connectivity index (χ0v) is 15.7. The molecule has 2 aromatic rings. The molecule has 7 heteroatoms. The van der Waals surface area contributed by atoms with Crippen LogP contribution in [0.15, 0.2) is 29.0 Å². The van der Waals surface area contributed by atoms with E-state index in [-0.39, 0.29) is 6.09 Å². The molecule has 0 aliphatic carbocycles. The highest BCUT2D eigenvalue weighted by Crippen LogP contribution is 2.28. The van der Waals surface area contributed by atoms with Crippen LogP contribution in [0.1, 0.15) is 20.8 Å². The zero-order valence-electron chi connectivity index (χ0n) is 14.1. The number of piperazine rings is 1. The van der Waals surface area contributed by atoms with Crippen LogP contribution >= 0.6 is 15.9 Å². The van der Waals surface area contributed by atoms with Gasteiger partial charge in [-0.15, -0.1) is 0 Å². The Morgan fingerprint density at radius 2 is 1.88 bits per heavy atom. The Balaban J connectivity index is 1.74. The Hall–Kier alpha value is -1.89. The maximum absolute atomic E-state index is 12.2. The summed E-state index contributed by atoms with van der Waals surface area (Å²) in [7, 11) is 0. The molecule has 3 rings (SSSR count). The average molecular weight is 393 g/mol. The largest absolute Gasteiger partial charge is 0.444 e. The van der Waals surface area contributed by atoms with Crippen molar-refractivity contribution in [2.45, 2.75) is 26.4 Å². The van der Waals surface area contributed by atoms with E-state index in [0.717, 1.165) is 34.3 Å². The van der Waals surface area contributed by atoms with Gasteiger partial charge in [-0.1, -0.05) is 6.07 Å². The highest BCUT2D eigenvalue weighted by molar-refractivity contribution is 9.10. The second-order valence-corrected chi connectivity index (χ2v) is 7.64. The van der Waals surface area contributed by atoms with Gasteiger partial charge in [0.1, 0.15) is 17.7 Å². The molecule has 0 spiro atoms. The third-order valence-electron chi connectivity index (χ3n) is 3.83. The number of fused-ring (bicyclic) bond motifs is 1. The minimum absolute atomic E-state index is 0.252. The van der Waals surface area contributed by atoms with Gasteiger partial charge in [0.15, 0.2) is 0 Å². The van der Waals surface area contributed by atoms with Gasteiger partial charge in [-0.3, -0.25) is 0 Å². The van der Waals surface area contributed by atoms with E-state index < -0.39 is 5.60 Å². The van der Waals surface area contributed by atoms with Gasteiger partial charge in [0.25, 0.3) is 0 Å². The zero-order chi connectivity index (χ0) is 17.3. The lowest BCUT2D eigenvalue weighted by molar-refractivity contribution is 0.0240. The van der Waals surface area contributed by atoms with Crippen molar-refractivity contribution in [3.63, 3.8) is 0 Å². The number of carbonyl (C=O) groups excluding carboxylic acids is 1. The molecule has 0 radical (unpaired) electrons. The van der Waals surface area contributed by atoms with E-state index in [4.69, 9.17) is 4.74 Å². The van der Waals surface area contributed by atoms with Crippen LogP contribution in [0.25, 0.3) is 10.9 Å². The van der Waals surface area contributed by atoms with Crippen LogP contribution in [-0.2, 0) is 4.74 Å². The van der Waals surface area contributed by atoms with Crippen molar-refractivity contribution >= 4 is 38.7 Å². The lowest BCUT2D eigenvalue weighted by atomic mass is 10.2. The van der Waals surface area contributed by atoms with E-state index in [1.807, 2.05) is 39.0 Å². The number of amides is 1. The molecule has 0 atom stereocenters. The van der Waals surface area contributed by atoms with Crippen LogP contribution in [-0.4, -0.2) is 52.7 Å². The maximum atomic E-state index is 12.2. The van der Waals surface area contributed by atoms with E-state index >= 15 is 0 Å². The molecule has 6 nitrogen and oxygen atoms in total. The van der Waals surface area contributed by atoms with Gasteiger partial charge in [0.05, 0.1) is 5.52 Å². The molecule has 1 aromatic heterocycles. The molecule has 2 heterocycles. The first kappa shape index (κ1) is 17.0. The number of hydrogen-bond donors (Lipinski definition) is 0. The van der Waals surface area contributed by atoms with Gasteiger partial charge in [0, 0.05) is 36.0 Å². The van der Waals surface area contributed by atoms with E-state index in [9.17, 15) is 4.79 Å². The monoisotopic (exact) mass is 392 g/mol. The molecule has 1 aliphatic heterocycles. The minimum atomic E-state index is -0.469. The smallest absolute Gasteiger partial charge is 0.410 e. The highest BCUT2D eigenvalue weighted by atomic mass is 79.9. The maximum Gasteiger partial charge on any atom is 0.410 e. The van der Waals surface area contributed by atoms with Crippen LogP contribution in [0.3, 0.4) is 0 Å². The summed E-state index contributed by atoms with van der Waals surface area (Å²) in [6, 6.07) is 5.98. The first-order chi connectivity index (χ1) is 11.3. The van der Waals surface area contributed by atoms with Gasteiger partial charge >= 0.3 is 6.09 Å². The van der Waals surface area contributed by atoms with E-state index in [1.54, 1.807) is 11.2 Å². The molecular formula is C17H21BrN4O2. The van der Waals surface area contributed by atoms with Gasteiger partial charge in [0.2, 0.25) is 0 Å². The molecule has 1 aromatic carbocycles. The number of anilines is 1. The van der Waals surface area contributed by atoms with Crippen LogP contribution < -0.4 is 4.90 Å². The van der Waals surface area contributed by atoms with Gasteiger partial charge < -0.3 is 14.5 Å². The fourth-order valence-corrected chi connectivity index (χ4v) is 3.19. The summed E-state index contributed by atoms with van der Waals surface area (Å²) in [6.07, 6.45) is 1.33. The number of ether oxygens (including phenoxy) is 1. The summed E-state index contributed by atoms with van der Waals surface area (Å²) in [6.45, 7) is 8.32. The normalized spacial score (nSPS) is 15.7. The number of para-hydroxylation sites is 1. The van der Waals surface area contributed by atoms with Crippen LogP contribution in [0.2, 0.25) is 0 Å². The summed E-state index contributed by atoms with van der Waals surface area (Å²) >= 11 is 3.53. The summed E-state index contributed by atoms with van der Waals surface area (Å²) in [5.41, 5.74) is 0.431. The fraction of sp³-hybridized carbons (Fsp3) is 0.471. The van der Waals surface area contributed by atoms with Crippen molar-refractivity contribution < 1.29 is 9.53 Å². The predicted molar refractivity (Wildman–Crippen MR) is 97.3 cm³/mol. The standard InChI is InChI=1S/C17H21BrN4O2/c1-17(2,3)24-16(23)22-9-7-21(8-10-22)15-12-5-4-6-13(18)14(12)19-11-20-15/h4-6,11H,7-10H2,1-3H3. The Morgan fingerprint density at radius 3 is 2.54 bits per heavy atom. The van der Waals surface area contributed by atoms with Crippen molar-refractivity contribution in [1.82, 2.24) is 14.9 Å². The third kappa shape index (κ3) is 3.61. The molecule has 24 heavy (non-hydrogen) atoms. The summed E-state index contributed by atoms with van der Waals surface area (Å²) in [4.78, 5) is 24.9.